The summed E-state index contributed by atoms with van der Waals surface area (Å²) in [5.41, 5.74) is 2.47. The number of hydrogen-bond donors (Lipinski definition) is 1. The summed E-state index contributed by atoms with van der Waals surface area (Å²) in [4.78, 5) is 12.4. The number of benzene rings is 2. The smallest absolute Gasteiger partial charge is 0.251 e. The van der Waals surface area contributed by atoms with Crippen molar-refractivity contribution in [1.29, 1.82) is 0 Å². The van der Waals surface area contributed by atoms with E-state index in [0.29, 0.717) is 37.0 Å². The first-order chi connectivity index (χ1) is 12.1. The van der Waals surface area contributed by atoms with Gasteiger partial charge in [0, 0.05) is 29.3 Å². The van der Waals surface area contributed by atoms with Crippen LogP contribution in [0.5, 0.6) is 5.75 Å². The van der Waals surface area contributed by atoms with E-state index in [-0.39, 0.29) is 5.91 Å². The SMILES string of the molecule is CCCOCc1cc(C(=O)NCc2ccc(Cl)cc2)ccc1OCC. The predicted molar refractivity (Wildman–Crippen MR) is 100 cm³/mol. The highest BCUT2D eigenvalue weighted by molar-refractivity contribution is 6.30. The zero-order chi connectivity index (χ0) is 18.1. The summed E-state index contributed by atoms with van der Waals surface area (Å²) in [5, 5.41) is 3.60. The van der Waals surface area contributed by atoms with Crippen molar-refractivity contribution in [2.75, 3.05) is 13.2 Å². The Morgan fingerprint density at radius 3 is 2.56 bits per heavy atom. The number of amides is 1. The van der Waals surface area contributed by atoms with Crippen LogP contribution in [-0.2, 0) is 17.9 Å². The minimum atomic E-state index is -0.130. The number of carbonyl (C=O) groups is 1. The molecule has 0 spiro atoms. The average Bonchev–Trinajstić information content (AvgIpc) is 2.62. The molecule has 0 radical (unpaired) electrons. The van der Waals surface area contributed by atoms with Crippen molar-refractivity contribution in [3.8, 4) is 5.75 Å². The minimum absolute atomic E-state index is 0.130. The Kier molecular flexibility index (Phi) is 7.76. The molecule has 1 N–H and O–H groups in total. The fourth-order valence-corrected chi connectivity index (χ4v) is 2.47. The van der Waals surface area contributed by atoms with Gasteiger partial charge in [0.15, 0.2) is 0 Å². The van der Waals surface area contributed by atoms with Crippen molar-refractivity contribution in [3.05, 3.63) is 64.2 Å². The van der Waals surface area contributed by atoms with Gasteiger partial charge in [-0.15, -0.1) is 0 Å². The fraction of sp³-hybridized carbons (Fsp3) is 0.350. The van der Waals surface area contributed by atoms with E-state index in [4.69, 9.17) is 21.1 Å². The van der Waals surface area contributed by atoms with Gasteiger partial charge >= 0.3 is 0 Å². The van der Waals surface area contributed by atoms with Crippen LogP contribution in [-0.4, -0.2) is 19.1 Å². The largest absolute Gasteiger partial charge is 0.494 e. The third kappa shape index (κ3) is 6.07. The molecule has 0 aromatic heterocycles. The van der Waals surface area contributed by atoms with Gasteiger partial charge in [0.2, 0.25) is 0 Å². The highest BCUT2D eigenvalue weighted by Crippen LogP contribution is 2.21. The Hall–Kier alpha value is -2.04. The number of hydrogen-bond acceptors (Lipinski definition) is 3. The van der Waals surface area contributed by atoms with Crippen LogP contribution in [0.4, 0.5) is 0 Å². The van der Waals surface area contributed by atoms with Gasteiger partial charge in [0.25, 0.3) is 5.91 Å². The maximum absolute atomic E-state index is 12.4. The van der Waals surface area contributed by atoms with E-state index in [1.807, 2.05) is 43.3 Å². The van der Waals surface area contributed by atoms with Crippen molar-refractivity contribution in [2.45, 2.75) is 33.4 Å². The third-order valence-electron chi connectivity index (χ3n) is 3.59. The molecule has 0 unspecified atom stereocenters. The molecule has 0 fully saturated rings. The summed E-state index contributed by atoms with van der Waals surface area (Å²) in [6.07, 6.45) is 0.950. The molecule has 0 saturated carbocycles. The maximum atomic E-state index is 12.4. The van der Waals surface area contributed by atoms with Crippen molar-refractivity contribution in [1.82, 2.24) is 5.32 Å². The molecule has 4 nitrogen and oxygen atoms in total. The molecule has 2 aromatic rings. The Morgan fingerprint density at radius 1 is 1.12 bits per heavy atom. The quantitative estimate of drug-likeness (QED) is 0.664. The molecule has 2 aromatic carbocycles. The Balaban J connectivity index is 2.04. The van der Waals surface area contributed by atoms with Crippen molar-refractivity contribution < 1.29 is 14.3 Å². The number of halogens is 1. The molecule has 5 heteroatoms. The molecular weight excluding hydrogens is 338 g/mol. The monoisotopic (exact) mass is 361 g/mol. The van der Waals surface area contributed by atoms with E-state index in [9.17, 15) is 4.79 Å². The average molecular weight is 362 g/mol. The standard InChI is InChI=1S/C20H24ClNO3/c1-3-11-24-14-17-12-16(7-10-19(17)25-4-2)20(23)22-13-15-5-8-18(21)9-6-15/h5-10,12H,3-4,11,13-14H2,1-2H3,(H,22,23). The highest BCUT2D eigenvalue weighted by Gasteiger charge is 2.11. The van der Waals surface area contributed by atoms with Gasteiger partial charge in [-0.3, -0.25) is 4.79 Å². The van der Waals surface area contributed by atoms with E-state index >= 15 is 0 Å². The minimum Gasteiger partial charge on any atom is -0.494 e. The first kappa shape index (κ1) is 19.3. The fourth-order valence-electron chi connectivity index (χ4n) is 2.34. The molecule has 134 valence electrons. The van der Waals surface area contributed by atoms with Gasteiger partial charge in [-0.2, -0.15) is 0 Å². The summed E-state index contributed by atoms with van der Waals surface area (Å²) in [5.74, 6) is 0.627. The van der Waals surface area contributed by atoms with Crippen molar-refractivity contribution in [3.63, 3.8) is 0 Å². The topological polar surface area (TPSA) is 47.6 Å². The van der Waals surface area contributed by atoms with Crippen molar-refractivity contribution >= 4 is 17.5 Å². The van der Waals surface area contributed by atoms with Crippen LogP contribution in [0.25, 0.3) is 0 Å². The molecule has 25 heavy (non-hydrogen) atoms. The first-order valence-electron chi connectivity index (χ1n) is 8.50. The number of carbonyl (C=O) groups excluding carboxylic acids is 1. The van der Waals surface area contributed by atoms with Crippen molar-refractivity contribution in [2.24, 2.45) is 0 Å². The van der Waals surface area contributed by atoms with Gasteiger partial charge in [0.1, 0.15) is 5.75 Å². The van der Waals surface area contributed by atoms with Gasteiger partial charge < -0.3 is 14.8 Å². The lowest BCUT2D eigenvalue weighted by Gasteiger charge is -2.13. The Labute approximate surface area is 154 Å². The highest BCUT2D eigenvalue weighted by atomic mass is 35.5. The van der Waals surface area contributed by atoms with Crippen LogP contribution in [0.3, 0.4) is 0 Å². The number of ether oxygens (including phenoxy) is 2. The zero-order valence-electron chi connectivity index (χ0n) is 14.7. The lowest BCUT2D eigenvalue weighted by atomic mass is 10.1. The third-order valence-corrected chi connectivity index (χ3v) is 3.85. The summed E-state index contributed by atoms with van der Waals surface area (Å²) in [6.45, 7) is 6.13. The predicted octanol–water partition coefficient (Wildman–Crippen LogP) is 4.60. The second-order valence-corrected chi connectivity index (χ2v) is 6.05. The van der Waals surface area contributed by atoms with Gasteiger partial charge in [-0.1, -0.05) is 30.7 Å². The van der Waals surface area contributed by atoms with E-state index in [2.05, 4.69) is 12.2 Å². The first-order valence-corrected chi connectivity index (χ1v) is 8.88. The molecule has 0 heterocycles. The summed E-state index contributed by atoms with van der Waals surface area (Å²) < 4.78 is 11.2. The molecule has 0 aliphatic rings. The zero-order valence-corrected chi connectivity index (χ0v) is 15.4. The maximum Gasteiger partial charge on any atom is 0.251 e. The molecule has 0 aliphatic heterocycles. The van der Waals surface area contributed by atoms with E-state index in [1.54, 1.807) is 6.07 Å². The molecule has 0 saturated heterocycles. The Bertz CT molecular complexity index is 686. The van der Waals surface area contributed by atoms with Crippen LogP contribution < -0.4 is 10.1 Å². The van der Waals surface area contributed by atoms with Crippen LogP contribution in [0.15, 0.2) is 42.5 Å². The molecule has 0 aliphatic carbocycles. The molecule has 2 rings (SSSR count). The number of rotatable bonds is 9. The summed E-state index contributed by atoms with van der Waals surface area (Å²) >= 11 is 5.87. The van der Waals surface area contributed by atoms with Gasteiger partial charge in [-0.05, 0) is 49.2 Å². The second-order valence-electron chi connectivity index (χ2n) is 5.62. The molecule has 1 amide bonds. The molecule has 0 atom stereocenters. The summed E-state index contributed by atoms with van der Waals surface area (Å²) in [6, 6.07) is 12.8. The normalized spacial score (nSPS) is 10.5. The summed E-state index contributed by atoms with van der Waals surface area (Å²) in [7, 11) is 0. The van der Waals surface area contributed by atoms with Crippen LogP contribution >= 0.6 is 11.6 Å². The van der Waals surface area contributed by atoms with Crippen LogP contribution in [0.2, 0.25) is 5.02 Å². The molecule has 0 bridgehead atoms. The lowest BCUT2D eigenvalue weighted by Crippen LogP contribution is -2.23. The van der Waals surface area contributed by atoms with Crippen LogP contribution in [0.1, 0.15) is 41.8 Å². The van der Waals surface area contributed by atoms with E-state index < -0.39 is 0 Å². The van der Waals surface area contributed by atoms with Gasteiger partial charge in [-0.25, -0.2) is 0 Å². The lowest BCUT2D eigenvalue weighted by molar-refractivity contribution is 0.0950. The molecular formula is C20H24ClNO3. The van der Waals surface area contributed by atoms with Crippen LogP contribution in [0, 0.1) is 0 Å². The van der Waals surface area contributed by atoms with E-state index in [0.717, 1.165) is 23.3 Å². The van der Waals surface area contributed by atoms with E-state index in [1.165, 1.54) is 0 Å². The van der Waals surface area contributed by atoms with Gasteiger partial charge in [0.05, 0.1) is 13.2 Å². The Morgan fingerprint density at radius 2 is 1.88 bits per heavy atom. The number of nitrogens with one attached hydrogen (secondary N) is 1. The second kappa shape index (κ2) is 10.1.